The number of aryl methyl sites for hydroxylation is 1. The number of amides is 1. The minimum Gasteiger partial charge on any atom is -0.474 e. The number of nitrogens with zero attached hydrogens (tertiary/aromatic N) is 1. The van der Waals surface area contributed by atoms with E-state index >= 15 is 0 Å². The summed E-state index contributed by atoms with van der Waals surface area (Å²) in [5.74, 6) is -0.468. The summed E-state index contributed by atoms with van der Waals surface area (Å²) in [6.07, 6.45) is -0.960. The number of nitro groups is 1. The monoisotopic (exact) mass is 368 g/mol. The normalized spacial score (nSPS) is 11.7. The van der Waals surface area contributed by atoms with Crippen LogP contribution in [-0.4, -0.2) is 16.9 Å². The third-order valence-corrected chi connectivity index (χ3v) is 3.72. The second-order valence-electron chi connectivity index (χ2n) is 5.10. The SMILES string of the molecule is Cc1ccc(O[C@H](C)C(=O)Nc2ccc(Cl)cc2Cl)c([N+](=O)[O-])c1. The number of nitro benzene ring substituents is 1. The van der Waals surface area contributed by atoms with Gasteiger partial charge in [-0.05, 0) is 43.7 Å². The molecule has 6 nitrogen and oxygen atoms in total. The highest BCUT2D eigenvalue weighted by Gasteiger charge is 2.21. The summed E-state index contributed by atoms with van der Waals surface area (Å²) < 4.78 is 5.44. The zero-order valence-electron chi connectivity index (χ0n) is 12.9. The maximum Gasteiger partial charge on any atom is 0.311 e. The number of carbonyl (C=O) groups excluding carboxylic acids is 1. The Bertz CT molecular complexity index is 796. The Balaban J connectivity index is 2.13. The van der Waals surface area contributed by atoms with Gasteiger partial charge in [-0.2, -0.15) is 0 Å². The van der Waals surface area contributed by atoms with Crippen LogP contribution in [0.1, 0.15) is 12.5 Å². The quantitative estimate of drug-likeness (QED) is 0.616. The zero-order chi connectivity index (χ0) is 17.9. The van der Waals surface area contributed by atoms with Gasteiger partial charge in [0, 0.05) is 11.1 Å². The second kappa shape index (κ2) is 7.51. The molecule has 0 heterocycles. The summed E-state index contributed by atoms with van der Waals surface area (Å²) in [5, 5.41) is 14.4. The van der Waals surface area contributed by atoms with Gasteiger partial charge in [0.05, 0.1) is 15.6 Å². The standard InChI is InChI=1S/C16H14Cl2N2O4/c1-9-3-6-15(14(7-9)20(22)23)24-10(2)16(21)19-13-5-4-11(17)8-12(13)18/h3-8,10H,1-2H3,(H,19,21)/t10-/m1/s1. The molecular formula is C16H14Cl2N2O4. The molecule has 0 spiro atoms. The van der Waals surface area contributed by atoms with Gasteiger partial charge in [0.25, 0.3) is 5.91 Å². The second-order valence-corrected chi connectivity index (χ2v) is 5.95. The molecule has 2 aromatic carbocycles. The van der Waals surface area contributed by atoms with E-state index in [1.54, 1.807) is 25.1 Å². The zero-order valence-corrected chi connectivity index (χ0v) is 14.4. The summed E-state index contributed by atoms with van der Waals surface area (Å²) in [4.78, 5) is 22.7. The molecule has 2 rings (SSSR count). The molecule has 0 radical (unpaired) electrons. The molecule has 0 saturated heterocycles. The largest absolute Gasteiger partial charge is 0.474 e. The molecule has 0 aliphatic rings. The Morgan fingerprint density at radius 1 is 1.25 bits per heavy atom. The fourth-order valence-electron chi connectivity index (χ4n) is 1.94. The predicted octanol–water partition coefficient (Wildman–Crippen LogP) is 4.62. The number of ether oxygens (including phenoxy) is 1. The molecule has 0 aliphatic heterocycles. The number of hydrogen-bond acceptors (Lipinski definition) is 4. The van der Waals surface area contributed by atoms with Crippen molar-refractivity contribution in [3.8, 4) is 5.75 Å². The van der Waals surface area contributed by atoms with Gasteiger partial charge in [-0.3, -0.25) is 14.9 Å². The topological polar surface area (TPSA) is 81.5 Å². The summed E-state index contributed by atoms with van der Waals surface area (Å²) in [5.41, 5.74) is 0.901. The predicted molar refractivity (Wildman–Crippen MR) is 93.0 cm³/mol. The number of nitrogens with one attached hydrogen (secondary N) is 1. The first-order chi connectivity index (χ1) is 11.3. The molecule has 24 heavy (non-hydrogen) atoms. The van der Waals surface area contributed by atoms with Gasteiger partial charge in [-0.15, -0.1) is 0 Å². The number of benzene rings is 2. The fraction of sp³-hybridized carbons (Fsp3) is 0.188. The van der Waals surface area contributed by atoms with Crippen LogP contribution in [0.3, 0.4) is 0 Å². The molecule has 0 aromatic heterocycles. The van der Waals surface area contributed by atoms with Crippen molar-refractivity contribution in [2.45, 2.75) is 20.0 Å². The number of hydrogen-bond donors (Lipinski definition) is 1. The summed E-state index contributed by atoms with van der Waals surface area (Å²) in [7, 11) is 0. The van der Waals surface area contributed by atoms with Crippen molar-refractivity contribution in [3.63, 3.8) is 0 Å². The first kappa shape index (κ1) is 18.0. The van der Waals surface area contributed by atoms with Crippen LogP contribution in [0, 0.1) is 17.0 Å². The molecule has 0 bridgehead atoms. The third kappa shape index (κ3) is 4.37. The summed E-state index contributed by atoms with van der Waals surface area (Å²) >= 11 is 11.8. The van der Waals surface area contributed by atoms with E-state index in [-0.39, 0.29) is 16.5 Å². The Hall–Kier alpha value is -2.31. The third-order valence-electron chi connectivity index (χ3n) is 3.17. The van der Waals surface area contributed by atoms with Crippen LogP contribution >= 0.6 is 23.2 Å². The van der Waals surface area contributed by atoms with E-state index in [4.69, 9.17) is 27.9 Å². The molecular weight excluding hydrogens is 355 g/mol. The van der Waals surface area contributed by atoms with E-state index in [1.165, 1.54) is 25.1 Å². The van der Waals surface area contributed by atoms with Gasteiger partial charge >= 0.3 is 5.69 Å². The lowest BCUT2D eigenvalue weighted by Crippen LogP contribution is -2.30. The van der Waals surface area contributed by atoms with Gasteiger partial charge in [-0.1, -0.05) is 29.3 Å². The van der Waals surface area contributed by atoms with Gasteiger partial charge in [0.2, 0.25) is 0 Å². The van der Waals surface area contributed by atoms with Gasteiger partial charge in [0.15, 0.2) is 11.9 Å². The minimum absolute atomic E-state index is 0.0236. The average molecular weight is 369 g/mol. The number of anilines is 1. The van der Waals surface area contributed by atoms with E-state index in [0.717, 1.165) is 5.56 Å². The molecule has 0 aliphatic carbocycles. The number of halogens is 2. The van der Waals surface area contributed by atoms with Crippen LogP contribution in [0.15, 0.2) is 36.4 Å². The minimum atomic E-state index is -0.960. The molecule has 0 fully saturated rings. The van der Waals surface area contributed by atoms with Crippen molar-refractivity contribution >= 4 is 40.5 Å². The van der Waals surface area contributed by atoms with Crippen LogP contribution in [-0.2, 0) is 4.79 Å². The lowest BCUT2D eigenvalue weighted by Gasteiger charge is -2.15. The van der Waals surface area contributed by atoms with Gasteiger partial charge in [0.1, 0.15) is 0 Å². The number of rotatable bonds is 5. The molecule has 0 saturated carbocycles. The van der Waals surface area contributed by atoms with Crippen molar-refractivity contribution < 1.29 is 14.5 Å². The molecule has 1 amide bonds. The summed E-state index contributed by atoms with van der Waals surface area (Å²) in [6, 6.07) is 9.16. The van der Waals surface area contributed by atoms with Crippen LogP contribution < -0.4 is 10.1 Å². The van der Waals surface area contributed by atoms with E-state index in [0.29, 0.717) is 10.7 Å². The van der Waals surface area contributed by atoms with Crippen LogP contribution in [0.5, 0.6) is 5.75 Å². The summed E-state index contributed by atoms with van der Waals surface area (Å²) in [6.45, 7) is 3.22. The lowest BCUT2D eigenvalue weighted by molar-refractivity contribution is -0.386. The van der Waals surface area contributed by atoms with Gasteiger partial charge < -0.3 is 10.1 Å². The Kier molecular flexibility index (Phi) is 5.64. The Morgan fingerprint density at radius 3 is 2.58 bits per heavy atom. The first-order valence-electron chi connectivity index (χ1n) is 6.95. The first-order valence-corrected chi connectivity index (χ1v) is 7.71. The van der Waals surface area contributed by atoms with Crippen LogP contribution in [0.2, 0.25) is 10.0 Å². The molecule has 8 heteroatoms. The number of carbonyl (C=O) groups is 1. The molecule has 126 valence electrons. The van der Waals surface area contributed by atoms with Crippen LogP contribution in [0.4, 0.5) is 11.4 Å². The molecule has 1 N–H and O–H groups in total. The maximum atomic E-state index is 12.2. The molecule has 0 unspecified atom stereocenters. The van der Waals surface area contributed by atoms with Crippen molar-refractivity contribution in [2.24, 2.45) is 0 Å². The fourth-order valence-corrected chi connectivity index (χ4v) is 2.39. The maximum absolute atomic E-state index is 12.2. The Labute approximate surface area is 148 Å². The van der Waals surface area contributed by atoms with Crippen molar-refractivity contribution in [3.05, 3.63) is 62.1 Å². The highest BCUT2D eigenvalue weighted by atomic mass is 35.5. The smallest absolute Gasteiger partial charge is 0.311 e. The van der Waals surface area contributed by atoms with E-state index < -0.39 is 16.9 Å². The highest BCUT2D eigenvalue weighted by Crippen LogP contribution is 2.29. The van der Waals surface area contributed by atoms with Crippen molar-refractivity contribution in [1.29, 1.82) is 0 Å². The van der Waals surface area contributed by atoms with E-state index in [2.05, 4.69) is 5.32 Å². The van der Waals surface area contributed by atoms with Crippen LogP contribution in [0.25, 0.3) is 0 Å². The molecule has 1 atom stereocenters. The lowest BCUT2D eigenvalue weighted by atomic mass is 10.2. The van der Waals surface area contributed by atoms with Crippen molar-refractivity contribution in [1.82, 2.24) is 0 Å². The molecule has 2 aromatic rings. The Morgan fingerprint density at radius 2 is 1.96 bits per heavy atom. The average Bonchev–Trinajstić information content (AvgIpc) is 2.51. The van der Waals surface area contributed by atoms with Crippen molar-refractivity contribution in [2.75, 3.05) is 5.32 Å². The van der Waals surface area contributed by atoms with E-state index in [1.807, 2.05) is 0 Å². The van der Waals surface area contributed by atoms with E-state index in [9.17, 15) is 14.9 Å². The van der Waals surface area contributed by atoms with Gasteiger partial charge in [-0.25, -0.2) is 0 Å². The highest BCUT2D eigenvalue weighted by molar-refractivity contribution is 6.36.